The van der Waals surface area contributed by atoms with Crippen LogP contribution in [0.15, 0.2) is 29.2 Å². The molecule has 0 saturated carbocycles. The zero-order chi connectivity index (χ0) is 11.5. The molecule has 1 aromatic rings. The van der Waals surface area contributed by atoms with Crippen molar-refractivity contribution < 1.29 is 13.2 Å². The third-order valence-corrected chi connectivity index (χ3v) is 3.47. The number of hydrogen-bond acceptors (Lipinski definition) is 3. The van der Waals surface area contributed by atoms with Gasteiger partial charge in [0.25, 0.3) is 0 Å². The molecule has 15 heavy (non-hydrogen) atoms. The zero-order valence-corrected chi connectivity index (χ0v) is 9.62. The number of aldehydes is 1. The molecule has 1 aromatic carbocycles. The van der Waals surface area contributed by atoms with Crippen molar-refractivity contribution in [2.45, 2.75) is 24.2 Å². The number of benzene rings is 1. The first-order valence-electron chi connectivity index (χ1n) is 4.74. The van der Waals surface area contributed by atoms with E-state index >= 15 is 0 Å². The Morgan fingerprint density at radius 3 is 2.13 bits per heavy atom. The first-order chi connectivity index (χ1) is 6.99. The summed E-state index contributed by atoms with van der Waals surface area (Å²) in [7, 11) is -3.15. The van der Waals surface area contributed by atoms with Gasteiger partial charge in [-0.15, -0.1) is 0 Å². The summed E-state index contributed by atoms with van der Waals surface area (Å²) in [5.41, 5.74) is 0.861. The van der Waals surface area contributed by atoms with Crippen molar-refractivity contribution in [2.24, 2.45) is 0 Å². The second kappa shape index (κ2) is 4.57. The molecule has 82 valence electrons. The van der Waals surface area contributed by atoms with Crippen molar-refractivity contribution >= 4 is 16.1 Å². The van der Waals surface area contributed by atoms with Crippen LogP contribution in [0.5, 0.6) is 0 Å². The molecular formula is C11H14O3S. The number of sulfone groups is 1. The van der Waals surface area contributed by atoms with E-state index in [-0.39, 0.29) is 10.8 Å². The molecule has 0 saturated heterocycles. The summed E-state index contributed by atoms with van der Waals surface area (Å²) < 4.78 is 22.4. The van der Waals surface area contributed by atoms with Crippen LogP contribution in [0, 0.1) is 0 Å². The zero-order valence-electron chi connectivity index (χ0n) is 8.80. The summed E-state index contributed by atoms with van der Waals surface area (Å²) in [4.78, 5) is 11.0. The smallest absolute Gasteiger partial charge is 0.175 e. The quantitative estimate of drug-likeness (QED) is 0.735. The Hall–Kier alpha value is -1.16. The van der Waals surface area contributed by atoms with E-state index in [1.54, 1.807) is 12.1 Å². The van der Waals surface area contributed by atoms with Gasteiger partial charge in [0.15, 0.2) is 9.84 Å². The fraction of sp³-hybridized carbons (Fsp3) is 0.364. The molecule has 0 heterocycles. The fourth-order valence-electron chi connectivity index (χ4n) is 1.37. The van der Waals surface area contributed by atoms with E-state index in [0.717, 1.165) is 18.3 Å². The van der Waals surface area contributed by atoms with Crippen LogP contribution in [-0.4, -0.2) is 21.0 Å². The summed E-state index contributed by atoms with van der Waals surface area (Å²) in [6, 6.07) is 6.46. The molecule has 1 unspecified atom stereocenters. The Bertz CT molecular complexity index is 431. The maximum Gasteiger partial charge on any atom is 0.175 e. The molecule has 0 fully saturated rings. The van der Waals surface area contributed by atoms with E-state index < -0.39 is 9.84 Å². The minimum absolute atomic E-state index is 0.140. The lowest BCUT2D eigenvalue weighted by Crippen LogP contribution is -2.00. The molecule has 0 bridgehead atoms. The third-order valence-electron chi connectivity index (χ3n) is 2.34. The van der Waals surface area contributed by atoms with Gasteiger partial charge in [0, 0.05) is 12.2 Å². The fourth-order valence-corrected chi connectivity index (χ4v) is 2.00. The first kappa shape index (κ1) is 11.9. The molecule has 0 radical (unpaired) electrons. The van der Waals surface area contributed by atoms with Crippen LogP contribution in [-0.2, 0) is 14.6 Å². The van der Waals surface area contributed by atoms with Crippen LogP contribution in [0.4, 0.5) is 0 Å². The molecule has 0 N–H and O–H groups in total. The van der Waals surface area contributed by atoms with E-state index in [9.17, 15) is 13.2 Å². The summed E-state index contributed by atoms with van der Waals surface area (Å²) in [5, 5.41) is 0. The molecule has 1 atom stereocenters. The summed E-state index contributed by atoms with van der Waals surface area (Å²) in [6.45, 7) is 1.92. The SMILES string of the molecule is CCC(C=O)c1ccc(S(C)(=O)=O)cc1. The van der Waals surface area contributed by atoms with E-state index in [1.807, 2.05) is 6.92 Å². The van der Waals surface area contributed by atoms with Gasteiger partial charge < -0.3 is 4.79 Å². The highest BCUT2D eigenvalue weighted by molar-refractivity contribution is 7.90. The minimum Gasteiger partial charge on any atom is -0.303 e. The highest BCUT2D eigenvalue weighted by Gasteiger charge is 2.10. The monoisotopic (exact) mass is 226 g/mol. The molecular weight excluding hydrogens is 212 g/mol. The molecule has 0 spiro atoms. The lowest BCUT2D eigenvalue weighted by atomic mass is 9.98. The third kappa shape index (κ3) is 2.89. The Balaban J connectivity index is 3.05. The van der Waals surface area contributed by atoms with Crippen molar-refractivity contribution in [3.63, 3.8) is 0 Å². The lowest BCUT2D eigenvalue weighted by Gasteiger charge is -2.07. The van der Waals surface area contributed by atoms with Gasteiger partial charge >= 0.3 is 0 Å². The number of carbonyl (C=O) groups is 1. The van der Waals surface area contributed by atoms with Crippen LogP contribution in [0.25, 0.3) is 0 Å². The Labute approximate surface area is 90.0 Å². The van der Waals surface area contributed by atoms with Crippen LogP contribution in [0.2, 0.25) is 0 Å². The average Bonchev–Trinajstić information content (AvgIpc) is 2.19. The summed E-state index contributed by atoms with van der Waals surface area (Å²) >= 11 is 0. The molecule has 0 aromatic heterocycles. The van der Waals surface area contributed by atoms with Gasteiger partial charge in [0.05, 0.1) is 4.90 Å². The second-order valence-corrected chi connectivity index (χ2v) is 5.51. The second-order valence-electron chi connectivity index (χ2n) is 3.49. The van der Waals surface area contributed by atoms with Crippen molar-refractivity contribution in [1.29, 1.82) is 0 Å². The molecule has 0 aliphatic rings. The predicted octanol–water partition coefficient (Wildman–Crippen LogP) is 1.78. The first-order valence-corrected chi connectivity index (χ1v) is 6.63. The maximum absolute atomic E-state index is 11.2. The van der Waals surface area contributed by atoms with Gasteiger partial charge in [-0.2, -0.15) is 0 Å². The lowest BCUT2D eigenvalue weighted by molar-refractivity contribution is -0.109. The van der Waals surface area contributed by atoms with Crippen LogP contribution in [0.3, 0.4) is 0 Å². The average molecular weight is 226 g/mol. The summed E-state index contributed by atoms with van der Waals surface area (Å²) in [6.07, 6.45) is 2.77. The van der Waals surface area contributed by atoms with Crippen molar-refractivity contribution in [3.05, 3.63) is 29.8 Å². The van der Waals surface area contributed by atoms with Crippen molar-refractivity contribution in [1.82, 2.24) is 0 Å². The summed E-state index contributed by atoms with van der Waals surface area (Å²) in [5.74, 6) is -0.140. The molecule has 1 rings (SSSR count). The number of carbonyl (C=O) groups excluding carboxylic acids is 1. The highest BCUT2D eigenvalue weighted by atomic mass is 32.2. The highest BCUT2D eigenvalue weighted by Crippen LogP contribution is 2.19. The normalized spacial score (nSPS) is 13.5. The number of rotatable bonds is 4. The Kier molecular flexibility index (Phi) is 3.63. The largest absolute Gasteiger partial charge is 0.303 e. The standard InChI is InChI=1S/C11H14O3S/c1-3-9(8-12)10-4-6-11(7-5-10)15(2,13)14/h4-9H,3H2,1-2H3. The van der Waals surface area contributed by atoms with E-state index in [1.165, 1.54) is 18.4 Å². The van der Waals surface area contributed by atoms with Gasteiger partial charge in [-0.1, -0.05) is 19.1 Å². The van der Waals surface area contributed by atoms with Gasteiger partial charge in [-0.05, 0) is 24.1 Å². The minimum atomic E-state index is -3.15. The molecule has 0 aliphatic heterocycles. The topological polar surface area (TPSA) is 51.2 Å². The Morgan fingerprint density at radius 2 is 1.80 bits per heavy atom. The van der Waals surface area contributed by atoms with Crippen molar-refractivity contribution in [3.8, 4) is 0 Å². The van der Waals surface area contributed by atoms with Gasteiger partial charge in [-0.3, -0.25) is 0 Å². The van der Waals surface area contributed by atoms with Crippen LogP contribution >= 0.6 is 0 Å². The van der Waals surface area contributed by atoms with Crippen LogP contribution < -0.4 is 0 Å². The van der Waals surface area contributed by atoms with Gasteiger partial charge in [0.2, 0.25) is 0 Å². The Morgan fingerprint density at radius 1 is 1.27 bits per heavy atom. The van der Waals surface area contributed by atoms with E-state index in [4.69, 9.17) is 0 Å². The van der Waals surface area contributed by atoms with Gasteiger partial charge in [0.1, 0.15) is 6.29 Å². The molecule has 3 nitrogen and oxygen atoms in total. The number of hydrogen-bond donors (Lipinski definition) is 0. The van der Waals surface area contributed by atoms with Crippen LogP contribution in [0.1, 0.15) is 24.8 Å². The van der Waals surface area contributed by atoms with Crippen molar-refractivity contribution in [2.75, 3.05) is 6.26 Å². The molecule has 0 amide bonds. The van der Waals surface area contributed by atoms with E-state index in [2.05, 4.69) is 0 Å². The predicted molar refractivity (Wildman–Crippen MR) is 58.6 cm³/mol. The molecule has 0 aliphatic carbocycles. The van der Waals surface area contributed by atoms with Gasteiger partial charge in [-0.25, -0.2) is 8.42 Å². The maximum atomic E-state index is 11.2. The van der Waals surface area contributed by atoms with E-state index in [0.29, 0.717) is 0 Å². The molecule has 4 heteroatoms.